The lowest BCUT2D eigenvalue weighted by Gasteiger charge is -2.43. The molecule has 2 aromatic rings. The molecule has 1 N–H and O–H groups in total. The van der Waals surface area contributed by atoms with Crippen LogP contribution in [0.1, 0.15) is 98.3 Å². The predicted molar refractivity (Wildman–Crippen MR) is 146 cm³/mol. The summed E-state index contributed by atoms with van der Waals surface area (Å²) in [6.07, 6.45) is 13.2. The highest BCUT2D eigenvalue weighted by atomic mass is 28.4. The van der Waals surface area contributed by atoms with Gasteiger partial charge in [-0.15, -0.1) is 0 Å². The van der Waals surface area contributed by atoms with Crippen LogP contribution in [0, 0.1) is 0 Å². The van der Waals surface area contributed by atoms with Gasteiger partial charge in [-0.05, 0) is 28.3 Å². The molecule has 0 bridgehead atoms. The van der Waals surface area contributed by atoms with Gasteiger partial charge in [0.05, 0.1) is 6.10 Å². The van der Waals surface area contributed by atoms with Gasteiger partial charge in [-0.3, -0.25) is 0 Å². The number of hydrogen-bond donors (Lipinski definition) is 1. The molecular weight excluding hydrogens is 420 g/mol. The molecule has 0 aliphatic carbocycles. The number of aliphatic hydroxyl groups is 1. The van der Waals surface area contributed by atoms with Gasteiger partial charge in [0, 0.05) is 6.61 Å². The summed E-state index contributed by atoms with van der Waals surface area (Å²) in [7, 11) is -2.49. The van der Waals surface area contributed by atoms with E-state index >= 15 is 0 Å². The largest absolute Gasteiger partial charge is 0.407 e. The molecule has 0 amide bonds. The maximum absolute atomic E-state index is 10.6. The Morgan fingerprint density at radius 1 is 0.697 bits per heavy atom. The molecule has 0 fully saturated rings. The van der Waals surface area contributed by atoms with Crippen LogP contribution in [-0.2, 0) is 4.43 Å². The van der Waals surface area contributed by atoms with Crippen LogP contribution in [0.15, 0.2) is 60.7 Å². The van der Waals surface area contributed by atoms with Gasteiger partial charge in [0.1, 0.15) is 0 Å². The minimum Gasteiger partial charge on any atom is -0.407 e. The Balaban J connectivity index is 1.89. The summed E-state index contributed by atoms with van der Waals surface area (Å²) in [6, 6.07) is 21.5. The normalized spacial score (nSPS) is 13.2. The minimum absolute atomic E-state index is 0.0161. The van der Waals surface area contributed by atoms with Crippen LogP contribution < -0.4 is 10.4 Å². The first-order valence-corrected chi connectivity index (χ1v) is 15.3. The van der Waals surface area contributed by atoms with E-state index in [2.05, 4.69) is 88.4 Å². The molecule has 2 nitrogen and oxygen atoms in total. The van der Waals surface area contributed by atoms with Crippen LogP contribution in [0.25, 0.3) is 0 Å². The van der Waals surface area contributed by atoms with E-state index in [4.69, 9.17) is 4.43 Å². The molecule has 1 unspecified atom stereocenters. The Morgan fingerprint density at radius 3 is 1.61 bits per heavy atom. The second-order valence-corrected chi connectivity index (χ2v) is 14.9. The van der Waals surface area contributed by atoms with E-state index in [1.54, 1.807) is 0 Å². The Hall–Kier alpha value is -1.42. The molecule has 0 saturated heterocycles. The highest BCUT2D eigenvalue weighted by Gasteiger charge is 2.50. The summed E-state index contributed by atoms with van der Waals surface area (Å²) in [5.41, 5.74) is 0. The van der Waals surface area contributed by atoms with E-state index in [1.807, 2.05) is 0 Å². The zero-order chi connectivity index (χ0) is 24.0. The third-order valence-electron chi connectivity index (χ3n) is 6.83. The monoisotopic (exact) mass is 468 g/mol. The lowest BCUT2D eigenvalue weighted by atomic mass is 10.0. The first-order valence-electron chi connectivity index (χ1n) is 13.3. The molecule has 0 spiro atoms. The first-order chi connectivity index (χ1) is 15.9. The zero-order valence-corrected chi connectivity index (χ0v) is 22.7. The smallest absolute Gasteiger partial charge is 0.261 e. The molecule has 1 atom stereocenters. The average molecular weight is 469 g/mol. The average Bonchev–Trinajstić information content (AvgIpc) is 2.81. The summed E-state index contributed by atoms with van der Waals surface area (Å²) >= 11 is 0. The molecule has 0 heterocycles. The lowest BCUT2D eigenvalue weighted by Crippen LogP contribution is -2.66. The Morgan fingerprint density at radius 2 is 1.15 bits per heavy atom. The fourth-order valence-electron chi connectivity index (χ4n) is 4.94. The van der Waals surface area contributed by atoms with Crippen LogP contribution in [0.5, 0.6) is 0 Å². The number of rotatable bonds is 16. The summed E-state index contributed by atoms with van der Waals surface area (Å²) < 4.78 is 6.91. The van der Waals surface area contributed by atoms with Gasteiger partial charge in [-0.2, -0.15) is 0 Å². The fraction of sp³-hybridized carbons (Fsp3) is 0.600. The third-order valence-corrected chi connectivity index (χ3v) is 11.9. The molecule has 0 radical (unpaired) electrons. The number of aliphatic hydroxyl groups excluding tert-OH is 1. The second-order valence-electron chi connectivity index (χ2n) is 10.6. The molecule has 0 aliphatic heterocycles. The molecule has 0 saturated carbocycles. The number of hydrogen-bond acceptors (Lipinski definition) is 2. The van der Waals surface area contributed by atoms with Gasteiger partial charge in [0.2, 0.25) is 0 Å². The van der Waals surface area contributed by atoms with E-state index in [0.717, 1.165) is 12.8 Å². The fourth-order valence-corrected chi connectivity index (χ4v) is 9.52. The molecule has 184 valence electrons. The minimum atomic E-state index is -2.49. The zero-order valence-electron chi connectivity index (χ0n) is 21.7. The van der Waals surface area contributed by atoms with Gasteiger partial charge in [-0.25, -0.2) is 0 Å². The SMILES string of the molecule is CCCCCCCCCCCC(O)CCO[Si](c1ccccc1)(c1ccccc1)C(C)(C)C. The first kappa shape index (κ1) is 27.8. The van der Waals surface area contributed by atoms with Gasteiger partial charge in [0.15, 0.2) is 0 Å². The van der Waals surface area contributed by atoms with Crippen molar-refractivity contribution in [2.24, 2.45) is 0 Å². The number of benzene rings is 2. The van der Waals surface area contributed by atoms with Crippen LogP contribution in [0.4, 0.5) is 0 Å². The third kappa shape index (κ3) is 8.70. The second kappa shape index (κ2) is 14.8. The molecule has 33 heavy (non-hydrogen) atoms. The molecule has 0 aromatic heterocycles. The summed E-state index contributed by atoms with van der Waals surface area (Å²) in [6.45, 7) is 9.78. The van der Waals surface area contributed by atoms with E-state index in [0.29, 0.717) is 13.0 Å². The van der Waals surface area contributed by atoms with Crippen molar-refractivity contribution in [1.82, 2.24) is 0 Å². The van der Waals surface area contributed by atoms with Crippen molar-refractivity contribution in [2.75, 3.05) is 6.61 Å². The van der Waals surface area contributed by atoms with Crippen molar-refractivity contribution in [3.8, 4) is 0 Å². The maximum atomic E-state index is 10.6. The van der Waals surface area contributed by atoms with E-state index in [9.17, 15) is 5.11 Å². The Kier molecular flexibility index (Phi) is 12.4. The van der Waals surface area contributed by atoms with Crippen LogP contribution in [0.3, 0.4) is 0 Å². The summed E-state index contributed by atoms with van der Waals surface area (Å²) in [5.74, 6) is 0. The summed E-state index contributed by atoms with van der Waals surface area (Å²) in [5, 5.41) is 13.2. The quantitative estimate of drug-likeness (QED) is 0.208. The highest BCUT2D eigenvalue weighted by Crippen LogP contribution is 2.36. The lowest BCUT2D eigenvalue weighted by molar-refractivity contribution is 0.125. The van der Waals surface area contributed by atoms with Crippen molar-refractivity contribution in [3.63, 3.8) is 0 Å². The molecule has 0 aliphatic rings. The Labute approximate surface area is 204 Å². The van der Waals surface area contributed by atoms with Gasteiger partial charge in [0.25, 0.3) is 8.32 Å². The highest BCUT2D eigenvalue weighted by molar-refractivity contribution is 6.99. The number of unbranched alkanes of at least 4 members (excludes halogenated alkanes) is 8. The molecule has 2 rings (SSSR count). The van der Waals surface area contributed by atoms with E-state index in [1.165, 1.54) is 61.7 Å². The van der Waals surface area contributed by atoms with E-state index < -0.39 is 8.32 Å². The van der Waals surface area contributed by atoms with Crippen LogP contribution >= 0.6 is 0 Å². The van der Waals surface area contributed by atoms with E-state index in [-0.39, 0.29) is 11.1 Å². The van der Waals surface area contributed by atoms with Gasteiger partial charge in [-0.1, -0.05) is 146 Å². The van der Waals surface area contributed by atoms with Crippen molar-refractivity contribution >= 4 is 18.7 Å². The van der Waals surface area contributed by atoms with Crippen molar-refractivity contribution in [1.29, 1.82) is 0 Å². The maximum Gasteiger partial charge on any atom is 0.261 e. The van der Waals surface area contributed by atoms with Crippen LogP contribution in [0.2, 0.25) is 5.04 Å². The van der Waals surface area contributed by atoms with Crippen LogP contribution in [-0.4, -0.2) is 26.1 Å². The molecule has 2 aromatic carbocycles. The molecular formula is C30H48O2Si. The van der Waals surface area contributed by atoms with Gasteiger partial charge < -0.3 is 9.53 Å². The van der Waals surface area contributed by atoms with Crippen molar-refractivity contribution < 1.29 is 9.53 Å². The topological polar surface area (TPSA) is 29.5 Å². The van der Waals surface area contributed by atoms with Crippen molar-refractivity contribution in [2.45, 2.75) is 109 Å². The Bertz CT molecular complexity index is 699. The molecule has 3 heteroatoms. The van der Waals surface area contributed by atoms with Crippen molar-refractivity contribution in [3.05, 3.63) is 60.7 Å². The standard InChI is InChI=1S/C30H48O2Si/c1-5-6-7-8-9-10-11-12-15-20-27(31)25-26-32-33(30(2,3)4,28-21-16-13-17-22-28)29-23-18-14-19-24-29/h13-14,16-19,21-24,27,31H,5-12,15,20,25-26H2,1-4H3. The predicted octanol–water partition coefficient (Wildman–Crippen LogP) is 7.23. The summed E-state index contributed by atoms with van der Waals surface area (Å²) in [4.78, 5) is 0. The van der Waals surface area contributed by atoms with Gasteiger partial charge >= 0.3 is 0 Å².